The molecule has 6 nitrogen and oxygen atoms in total. The molecule has 7 heteroatoms. The normalized spacial score (nSPS) is 20.4. The summed E-state index contributed by atoms with van der Waals surface area (Å²) in [5, 5.41) is 2.69. The number of nitrogens with one attached hydrogen (secondary N) is 1. The van der Waals surface area contributed by atoms with Crippen molar-refractivity contribution in [1.82, 2.24) is 14.8 Å². The fourth-order valence-corrected chi connectivity index (χ4v) is 3.07. The van der Waals surface area contributed by atoms with Crippen LogP contribution in [0.1, 0.15) is 32.6 Å². The minimum Gasteiger partial charge on any atom is -0.338 e. The Morgan fingerprint density at radius 3 is 2.78 bits per heavy atom. The molecule has 1 saturated carbocycles. The molecule has 124 valence electrons. The maximum absolute atomic E-state index is 12.9. The van der Waals surface area contributed by atoms with E-state index >= 15 is 0 Å². The number of urea groups is 1. The molecule has 0 spiro atoms. The van der Waals surface area contributed by atoms with E-state index in [9.17, 15) is 14.0 Å². The number of halogens is 1. The summed E-state index contributed by atoms with van der Waals surface area (Å²) in [5.74, 6) is -0.0452. The van der Waals surface area contributed by atoms with E-state index in [1.54, 1.807) is 11.8 Å². The Balaban J connectivity index is 1.62. The van der Waals surface area contributed by atoms with Crippen LogP contribution in [0.3, 0.4) is 0 Å². The predicted molar refractivity (Wildman–Crippen MR) is 83.4 cm³/mol. The van der Waals surface area contributed by atoms with Gasteiger partial charge in [0.05, 0.1) is 12.2 Å². The highest BCUT2D eigenvalue weighted by atomic mass is 19.1. The van der Waals surface area contributed by atoms with Gasteiger partial charge in [0.1, 0.15) is 11.6 Å². The summed E-state index contributed by atoms with van der Waals surface area (Å²) in [6.07, 6.45) is 4.99. The van der Waals surface area contributed by atoms with Crippen LogP contribution in [0, 0.1) is 5.82 Å². The summed E-state index contributed by atoms with van der Waals surface area (Å²) < 4.78 is 12.9. The molecule has 3 rings (SSSR count). The molecule has 1 aliphatic heterocycles. The molecular formula is C16H21FN4O2. The van der Waals surface area contributed by atoms with Gasteiger partial charge in [0.15, 0.2) is 0 Å². The molecule has 2 aliphatic rings. The van der Waals surface area contributed by atoms with Gasteiger partial charge in [0.2, 0.25) is 5.91 Å². The van der Waals surface area contributed by atoms with Gasteiger partial charge in [0.25, 0.3) is 0 Å². The summed E-state index contributed by atoms with van der Waals surface area (Å²) in [7, 11) is 0. The Hall–Kier alpha value is -2.18. The summed E-state index contributed by atoms with van der Waals surface area (Å²) >= 11 is 0. The summed E-state index contributed by atoms with van der Waals surface area (Å²) in [6, 6.07) is 2.82. The van der Waals surface area contributed by atoms with Crippen LogP contribution >= 0.6 is 0 Å². The number of nitrogens with zero attached hydrogens (tertiary/aromatic N) is 3. The van der Waals surface area contributed by atoms with Gasteiger partial charge < -0.3 is 9.80 Å². The fourth-order valence-electron chi connectivity index (χ4n) is 3.07. The SMILES string of the molecule is CC(=O)N(CC1CCCN1C(=O)Nc1ccc(F)cn1)C1CC1. The molecule has 0 radical (unpaired) electrons. The monoisotopic (exact) mass is 320 g/mol. The molecule has 1 atom stereocenters. The number of likely N-dealkylation sites (tertiary alicyclic amines) is 1. The van der Waals surface area contributed by atoms with Crippen molar-refractivity contribution >= 4 is 17.8 Å². The third-order valence-electron chi connectivity index (χ3n) is 4.40. The molecule has 1 aromatic rings. The molecule has 3 amide bonds. The maximum atomic E-state index is 12.9. The molecule has 0 aromatic carbocycles. The molecule has 1 saturated heterocycles. The van der Waals surface area contributed by atoms with Crippen LogP contribution in [0.25, 0.3) is 0 Å². The van der Waals surface area contributed by atoms with Crippen molar-refractivity contribution in [3.05, 3.63) is 24.1 Å². The lowest BCUT2D eigenvalue weighted by Crippen LogP contribution is -2.46. The van der Waals surface area contributed by atoms with Gasteiger partial charge in [-0.05, 0) is 37.8 Å². The van der Waals surface area contributed by atoms with Crippen molar-refractivity contribution < 1.29 is 14.0 Å². The Morgan fingerprint density at radius 1 is 1.39 bits per heavy atom. The Kier molecular flexibility index (Phi) is 4.45. The number of pyridine rings is 1. The number of hydrogen-bond acceptors (Lipinski definition) is 3. The standard InChI is InChI=1S/C16H21FN4O2/c1-11(22)21(13-5-6-13)10-14-3-2-8-20(14)16(23)19-15-7-4-12(17)9-18-15/h4,7,9,13-14H,2-3,5-6,8,10H2,1H3,(H,18,19,23). The van der Waals surface area contributed by atoms with Crippen molar-refractivity contribution in [3.63, 3.8) is 0 Å². The lowest BCUT2D eigenvalue weighted by Gasteiger charge is -2.30. The average Bonchev–Trinajstić information content (AvgIpc) is 3.24. The highest BCUT2D eigenvalue weighted by molar-refractivity contribution is 5.88. The van der Waals surface area contributed by atoms with Gasteiger partial charge in [-0.3, -0.25) is 10.1 Å². The Labute approximate surface area is 134 Å². The molecule has 2 heterocycles. The molecule has 1 aliphatic carbocycles. The van der Waals surface area contributed by atoms with E-state index in [0.29, 0.717) is 24.9 Å². The zero-order valence-electron chi connectivity index (χ0n) is 13.2. The van der Waals surface area contributed by atoms with Gasteiger partial charge in [-0.2, -0.15) is 0 Å². The minimum atomic E-state index is -0.441. The topological polar surface area (TPSA) is 65.5 Å². The number of rotatable bonds is 4. The number of carbonyl (C=O) groups excluding carboxylic acids is 2. The quantitative estimate of drug-likeness (QED) is 0.925. The van der Waals surface area contributed by atoms with Crippen molar-refractivity contribution in [1.29, 1.82) is 0 Å². The highest BCUT2D eigenvalue weighted by Crippen LogP contribution is 2.29. The van der Waals surface area contributed by atoms with Gasteiger partial charge in [-0.25, -0.2) is 14.2 Å². The molecule has 23 heavy (non-hydrogen) atoms. The number of anilines is 1. The van der Waals surface area contributed by atoms with Crippen LogP contribution in [0.15, 0.2) is 18.3 Å². The first kappa shape index (κ1) is 15.7. The molecule has 1 aromatic heterocycles. The summed E-state index contributed by atoms with van der Waals surface area (Å²) in [5.41, 5.74) is 0. The van der Waals surface area contributed by atoms with E-state index < -0.39 is 5.82 Å². The zero-order valence-corrected chi connectivity index (χ0v) is 13.2. The average molecular weight is 320 g/mol. The smallest absolute Gasteiger partial charge is 0.323 e. The first-order chi connectivity index (χ1) is 11.0. The number of aromatic nitrogens is 1. The van der Waals surface area contributed by atoms with Crippen LogP contribution in [0.5, 0.6) is 0 Å². The van der Waals surface area contributed by atoms with E-state index in [4.69, 9.17) is 0 Å². The van der Waals surface area contributed by atoms with Crippen LogP contribution in [0.2, 0.25) is 0 Å². The second kappa shape index (κ2) is 6.52. The van der Waals surface area contributed by atoms with Crippen LogP contribution in [-0.4, -0.2) is 51.9 Å². The number of amides is 3. The van der Waals surface area contributed by atoms with Crippen molar-refractivity contribution in [2.24, 2.45) is 0 Å². The lowest BCUT2D eigenvalue weighted by molar-refractivity contribution is -0.130. The van der Waals surface area contributed by atoms with E-state index in [1.807, 2.05) is 4.90 Å². The molecule has 1 unspecified atom stereocenters. The number of carbonyl (C=O) groups is 2. The van der Waals surface area contributed by atoms with Crippen molar-refractivity contribution in [2.75, 3.05) is 18.4 Å². The summed E-state index contributed by atoms with van der Waals surface area (Å²) in [6.45, 7) is 2.83. The second-order valence-corrected chi connectivity index (χ2v) is 6.18. The van der Waals surface area contributed by atoms with E-state index in [1.165, 1.54) is 12.1 Å². The van der Waals surface area contributed by atoms with Crippen LogP contribution in [-0.2, 0) is 4.79 Å². The predicted octanol–water partition coefficient (Wildman–Crippen LogP) is 2.23. The van der Waals surface area contributed by atoms with Gasteiger partial charge in [-0.1, -0.05) is 0 Å². The van der Waals surface area contributed by atoms with Gasteiger partial charge in [-0.15, -0.1) is 0 Å². The second-order valence-electron chi connectivity index (χ2n) is 6.18. The first-order valence-corrected chi connectivity index (χ1v) is 8.01. The van der Waals surface area contributed by atoms with Gasteiger partial charge in [0, 0.05) is 26.1 Å². The molecule has 1 N–H and O–H groups in total. The van der Waals surface area contributed by atoms with E-state index in [2.05, 4.69) is 10.3 Å². The van der Waals surface area contributed by atoms with Crippen molar-refractivity contribution in [3.8, 4) is 0 Å². The zero-order chi connectivity index (χ0) is 16.4. The molecular weight excluding hydrogens is 299 g/mol. The Bertz CT molecular complexity index is 588. The minimum absolute atomic E-state index is 0.0277. The molecule has 2 fully saturated rings. The highest BCUT2D eigenvalue weighted by Gasteiger charge is 2.36. The maximum Gasteiger partial charge on any atom is 0.323 e. The molecule has 0 bridgehead atoms. The largest absolute Gasteiger partial charge is 0.338 e. The Morgan fingerprint density at radius 2 is 2.17 bits per heavy atom. The van der Waals surface area contributed by atoms with Crippen LogP contribution in [0.4, 0.5) is 15.0 Å². The number of hydrogen-bond donors (Lipinski definition) is 1. The van der Waals surface area contributed by atoms with E-state index in [-0.39, 0.29) is 18.0 Å². The third-order valence-corrected chi connectivity index (χ3v) is 4.40. The third kappa shape index (κ3) is 3.78. The van der Waals surface area contributed by atoms with Crippen LogP contribution < -0.4 is 5.32 Å². The first-order valence-electron chi connectivity index (χ1n) is 8.01. The van der Waals surface area contributed by atoms with E-state index in [0.717, 1.165) is 31.9 Å². The van der Waals surface area contributed by atoms with Crippen molar-refractivity contribution in [2.45, 2.75) is 44.7 Å². The summed E-state index contributed by atoms with van der Waals surface area (Å²) in [4.78, 5) is 31.7. The van der Waals surface area contributed by atoms with Gasteiger partial charge >= 0.3 is 6.03 Å². The lowest BCUT2D eigenvalue weighted by atomic mass is 10.2. The fraction of sp³-hybridized carbons (Fsp3) is 0.562.